The van der Waals surface area contributed by atoms with Crippen molar-refractivity contribution < 1.29 is 14.2 Å². The Balaban J connectivity index is 3.40. The van der Waals surface area contributed by atoms with Crippen LogP contribution >= 0.6 is 0 Å². The zero-order chi connectivity index (χ0) is 15.9. The Morgan fingerprint density at radius 3 is 2.05 bits per heavy atom. The van der Waals surface area contributed by atoms with Gasteiger partial charge in [0.2, 0.25) is 0 Å². The zero-order valence-electron chi connectivity index (χ0n) is 14.2. The highest BCUT2D eigenvalue weighted by atomic mass is 16.5. The molecule has 2 unspecified atom stereocenters. The van der Waals surface area contributed by atoms with E-state index in [0.29, 0.717) is 6.61 Å². The van der Waals surface area contributed by atoms with Gasteiger partial charge in [-0.25, -0.2) is 0 Å². The van der Waals surface area contributed by atoms with Crippen molar-refractivity contribution in [2.75, 3.05) is 27.4 Å². The second-order valence-corrected chi connectivity index (χ2v) is 5.17. The van der Waals surface area contributed by atoms with Crippen LogP contribution < -0.4 is 14.8 Å². The van der Waals surface area contributed by atoms with Crippen LogP contribution in [0.15, 0.2) is 18.2 Å². The lowest BCUT2D eigenvalue weighted by Crippen LogP contribution is -2.44. The number of nitrogens with one attached hydrogen (secondary N) is 1. The molecule has 0 heterocycles. The summed E-state index contributed by atoms with van der Waals surface area (Å²) in [5, 5.41) is 3.54. The Bertz CT molecular complexity index is 414. The Morgan fingerprint density at radius 1 is 1.10 bits per heavy atom. The summed E-state index contributed by atoms with van der Waals surface area (Å²) in [6.45, 7) is 9.91. The van der Waals surface area contributed by atoms with Crippen molar-refractivity contribution in [3.8, 4) is 11.5 Å². The van der Waals surface area contributed by atoms with Crippen LogP contribution in [0, 0.1) is 0 Å². The first kappa shape index (κ1) is 17.8. The summed E-state index contributed by atoms with van der Waals surface area (Å²) in [6.07, 6.45) is 0.889. The van der Waals surface area contributed by atoms with Crippen molar-refractivity contribution in [1.29, 1.82) is 0 Å². The molecule has 1 aromatic rings. The zero-order valence-corrected chi connectivity index (χ0v) is 14.2. The van der Waals surface area contributed by atoms with Crippen molar-refractivity contribution in [3.63, 3.8) is 0 Å². The Morgan fingerprint density at radius 2 is 1.67 bits per heavy atom. The van der Waals surface area contributed by atoms with Gasteiger partial charge in [0.1, 0.15) is 11.5 Å². The molecule has 0 aromatic heterocycles. The fourth-order valence-electron chi connectivity index (χ4n) is 2.71. The molecule has 0 aliphatic carbocycles. The highest BCUT2D eigenvalue weighted by Crippen LogP contribution is 2.41. The molecule has 1 N–H and O–H groups in total. The van der Waals surface area contributed by atoms with E-state index in [-0.39, 0.29) is 11.6 Å². The first-order valence-corrected chi connectivity index (χ1v) is 7.66. The lowest BCUT2D eigenvalue weighted by atomic mass is 9.86. The van der Waals surface area contributed by atoms with Crippen LogP contribution in [0.25, 0.3) is 0 Å². The lowest BCUT2D eigenvalue weighted by molar-refractivity contribution is -0.0568. The van der Waals surface area contributed by atoms with Crippen LogP contribution in [0.3, 0.4) is 0 Å². The molecule has 4 nitrogen and oxygen atoms in total. The van der Waals surface area contributed by atoms with Crippen LogP contribution in [0.2, 0.25) is 0 Å². The van der Waals surface area contributed by atoms with E-state index in [1.807, 2.05) is 25.1 Å². The Labute approximate surface area is 128 Å². The van der Waals surface area contributed by atoms with Gasteiger partial charge in [0, 0.05) is 6.61 Å². The second kappa shape index (κ2) is 8.25. The number of benzene rings is 1. The average Bonchev–Trinajstić information content (AvgIpc) is 2.51. The molecular weight excluding hydrogens is 266 g/mol. The van der Waals surface area contributed by atoms with Crippen molar-refractivity contribution in [2.45, 2.75) is 45.8 Å². The van der Waals surface area contributed by atoms with Crippen LogP contribution in [0.5, 0.6) is 11.5 Å². The van der Waals surface area contributed by atoms with E-state index in [9.17, 15) is 0 Å². The Kier molecular flexibility index (Phi) is 6.99. The van der Waals surface area contributed by atoms with Crippen LogP contribution in [-0.2, 0) is 4.74 Å². The minimum atomic E-state index is -0.327. The molecule has 1 rings (SSSR count). The number of likely N-dealkylation sites (N-methyl/N-ethyl adjacent to an activating group) is 1. The molecule has 0 saturated carbocycles. The summed E-state index contributed by atoms with van der Waals surface area (Å²) in [6, 6.07) is 5.86. The molecule has 1 aromatic carbocycles. The molecule has 0 aliphatic heterocycles. The Hall–Kier alpha value is -1.26. The topological polar surface area (TPSA) is 39.7 Å². The summed E-state index contributed by atoms with van der Waals surface area (Å²) >= 11 is 0. The van der Waals surface area contributed by atoms with E-state index in [2.05, 4.69) is 26.1 Å². The summed E-state index contributed by atoms with van der Waals surface area (Å²) in [5.74, 6) is 1.64. The maximum absolute atomic E-state index is 6.07. The smallest absolute Gasteiger partial charge is 0.127 e. The lowest BCUT2D eigenvalue weighted by Gasteiger charge is -2.38. The van der Waals surface area contributed by atoms with Gasteiger partial charge >= 0.3 is 0 Å². The number of hydrogen-bond donors (Lipinski definition) is 1. The van der Waals surface area contributed by atoms with E-state index < -0.39 is 0 Å². The fourth-order valence-corrected chi connectivity index (χ4v) is 2.71. The van der Waals surface area contributed by atoms with E-state index in [1.165, 1.54) is 0 Å². The molecule has 0 aliphatic rings. The molecule has 0 fully saturated rings. The summed E-state index contributed by atoms with van der Waals surface area (Å²) in [7, 11) is 3.37. The second-order valence-electron chi connectivity index (χ2n) is 5.17. The van der Waals surface area contributed by atoms with Crippen molar-refractivity contribution in [2.24, 2.45) is 0 Å². The predicted octanol–water partition coefficient (Wildman–Crippen LogP) is 3.56. The SMILES string of the molecule is CCNC(c1c(OC)cccc1OC)C(C)(CC)OCC. The maximum Gasteiger partial charge on any atom is 0.127 e. The first-order valence-electron chi connectivity index (χ1n) is 7.66. The molecule has 0 amide bonds. The maximum atomic E-state index is 6.07. The van der Waals surface area contributed by atoms with Crippen LogP contribution in [-0.4, -0.2) is 33.0 Å². The average molecular weight is 295 g/mol. The van der Waals surface area contributed by atoms with Crippen molar-refractivity contribution in [3.05, 3.63) is 23.8 Å². The molecule has 0 radical (unpaired) electrons. The van der Waals surface area contributed by atoms with Gasteiger partial charge in [0.15, 0.2) is 0 Å². The van der Waals surface area contributed by atoms with Gasteiger partial charge in [-0.05, 0) is 38.9 Å². The third-order valence-corrected chi connectivity index (χ3v) is 3.95. The number of rotatable bonds is 9. The van der Waals surface area contributed by atoms with E-state index >= 15 is 0 Å². The molecule has 120 valence electrons. The first-order chi connectivity index (χ1) is 10.1. The molecule has 0 spiro atoms. The number of methoxy groups -OCH3 is 2. The van der Waals surface area contributed by atoms with Gasteiger partial charge in [-0.1, -0.05) is 19.9 Å². The molecular formula is C17H29NO3. The third kappa shape index (κ3) is 3.89. The highest BCUT2D eigenvalue weighted by molar-refractivity contribution is 5.48. The van der Waals surface area contributed by atoms with Gasteiger partial charge in [-0.15, -0.1) is 0 Å². The molecule has 0 bridgehead atoms. The highest BCUT2D eigenvalue weighted by Gasteiger charge is 2.37. The van der Waals surface area contributed by atoms with Gasteiger partial charge in [-0.2, -0.15) is 0 Å². The van der Waals surface area contributed by atoms with Gasteiger partial charge in [0.05, 0.1) is 31.4 Å². The molecule has 2 atom stereocenters. The number of ether oxygens (including phenoxy) is 3. The minimum absolute atomic E-state index is 0.00134. The largest absolute Gasteiger partial charge is 0.496 e. The monoisotopic (exact) mass is 295 g/mol. The van der Waals surface area contributed by atoms with Crippen LogP contribution in [0.1, 0.15) is 45.7 Å². The fraction of sp³-hybridized carbons (Fsp3) is 0.647. The summed E-state index contributed by atoms with van der Waals surface area (Å²) < 4.78 is 17.2. The summed E-state index contributed by atoms with van der Waals surface area (Å²) in [5.41, 5.74) is 0.689. The van der Waals surface area contributed by atoms with Gasteiger partial charge in [0.25, 0.3) is 0 Å². The minimum Gasteiger partial charge on any atom is -0.496 e. The van der Waals surface area contributed by atoms with E-state index in [1.54, 1.807) is 14.2 Å². The standard InChI is InChI=1S/C17H29NO3/c1-7-17(4,21-9-3)16(18-8-2)15-13(19-5)11-10-12-14(15)20-6/h10-12,16,18H,7-9H2,1-6H3. The number of hydrogen-bond acceptors (Lipinski definition) is 4. The third-order valence-electron chi connectivity index (χ3n) is 3.95. The van der Waals surface area contributed by atoms with E-state index in [0.717, 1.165) is 30.0 Å². The molecule has 0 saturated heterocycles. The normalized spacial score (nSPS) is 15.3. The van der Waals surface area contributed by atoms with E-state index in [4.69, 9.17) is 14.2 Å². The molecule has 4 heteroatoms. The van der Waals surface area contributed by atoms with Gasteiger partial charge in [-0.3, -0.25) is 0 Å². The molecule has 21 heavy (non-hydrogen) atoms. The quantitative estimate of drug-likeness (QED) is 0.756. The van der Waals surface area contributed by atoms with Crippen molar-refractivity contribution in [1.82, 2.24) is 5.32 Å². The van der Waals surface area contributed by atoms with Gasteiger partial charge < -0.3 is 19.5 Å². The van der Waals surface area contributed by atoms with Crippen LogP contribution in [0.4, 0.5) is 0 Å². The van der Waals surface area contributed by atoms with Crippen molar-refractivity contribution >= 4 is 0 Å². The predicted molar refractivity (Wildman–Crippen MR) is 86.3 cm³/mol. The summed E-state index contributed by atoms with van der Waals surface area (Å²) in [4.78, 5) is 0.